The number of ether oxygens (including phenoxy) is 1. The van der Waals surface area contributed by atoms with Crippen LogP contribution in [0.5, 0.6) is 5.75 Å². The van der Waals surface area contributed by atoms with E-state index in [4.69, 9.17) is 4.74 Å². The first-order valence-corrected chi connectivity index (χ1v) is 9.88. The summed E-state index contributed by atoms with van der Waals surface area (Å²) in [5.41, 5.74) is 1.36. The second-order valence-electron chi connectivity index (χ2n) is 7.38. The summed E-state index contributed by atoms with van der Waals surface area (Å²) in [5.74, 6) is -0.269. The third kappa shape index (κ3) is 4.84. The van der Waals surface area contributed by atoms with Crippen molar-refractivity contribution in [2.45, 2.75) is 26.9 Å². The van der Waals surface area contributed by atoms with Gasteiger partial charge in [0.25, 0.3) is 5.91 Å². The van der Waals surface area contributed by atoms with Crippen molar-refractivity contribution in [3.05, 3.63) is 59.4 Å². The molecule has 3 rings (SSSR count). The molecule has 0 radical (unpaired) electrons. The second kappa shape index (κ2) is 9.07. The van der Waals surface area contributed by atoms with Crippen molar-refractivity contribution in [1.29, 1.82) is 0 Å². The van der Waals surface area contributed by atoms with Crippen LogP contribution in [0, 0.1) is 5.82 Å². The van der Waals surface area contributed by atoms with Crippen molar-refractivity contribution in [3.63, 3.8) is 0 Å². The molecule has 0 bridgehead atoms. The number of anilines is 1. The van der Waals surface area contributed by atoms with E-state index in [9.17, 15) is 18.8 Å². The molecule has 30 heavy (non-hydrogen) atoms. The average Bonchev–Trinajstić information content (AvgIpc) is 2.73. The first kappa shape index (κ1) is 21.5. The largest absolute Gasteiger partial charge is 0.481 e. The van der Waals surface area contributed by atoms with E-state index in [1.807, 2.05) is 4.90 Å². The van der Waals surface area contributed by atoms with Gasteiger partial charge in [-0.25, -0.2) is 4.39 Å². The average molecular weight is 412 g/mol. The first-order chi connectivity index (χ1) is 14.3. The van der Waals surface area contributed by atoms with Crippen LogP contribution in [0.2, 0.25) is 0 Å². The van der Waals surface area contributed by atoms with Crippen LogP contribution in [-0.4, -0.2) is 54.7 Å². The van der Waals surface area contributed by atoms with Gasteiger partial charge in [-0.15, -0.1) is 0 Å². The molecule has 0 aromatic heterocycles. The summed E-state index contributed by atoms with van der Waals surface area (Å²) in [6.45, 7) is 6.45. The summed E-state index contributed by atoms with van der Waals surface area (Å²) in [5, 5.41) is 0. The van der Waals surface area contributed by atoms with Crippen LogP contribution in [-0.2, 0) is 4.79 Å². The van der Waals surface area contributed by atoms with Gasteiger partial charge in [0.1, 0.15) is 11.6 Å². The van der Waals surface area contributed by atoms with E-state index in [1.165, 1.54) is 19.9 Å². The number of piperazine rings is 1. The molecule has 0 aliphatic carbocycles. The van der Waals surface area contributed by atoms with Gasteiger partial charge in [0.2, 0.25) is 0 Å². The van der Waals surface area contributed by atoms with Crippen LogP contribution in [0.1, 0.15) is 41.5 Å². The highest BCUT2D eigenvalue weighted by molar-refractivity contribution is 5.94. The van der Waals surface area contributed by atoms with E-state index < -0.39 is 11.9 Å². The number of hydrogen-bond acceptors (Lipinski definition) is 5. The number of amides is 1. The lowest BCUT2D eigenvalue weighted by Gasteiger charge is -2.37. The molecule has 1 heterocycles. The van der Waals surface area contributed by atoms with Crippen LogP contribution in [0.25, 0.3) is 0 Å². The fraction of sp³-hybridized carbons (Fsp3) is 0.348. The number of rotatable bonds is 6. The maximum atomic E-state index is 14.4. The molecule has 158 valence electrons. The molecule has 1 unspecified atom stereocenters. The Bertz CT molecular complexity index is 950. The minimum atomic E-state index is -0.675. The first-order valence-electron chi connectivity index (χ1n) is 9.88. The lowest BCUT2D eigenvalue weighted by Crippen LogP contribution is -2.52. The topological polar surface area (TPSA) is 66.9 Å². The van der Waals surface area contributed by atoms with Crippen molar-refractivity contribution < 1.29 is 23.5 Å². The van der Waals surface area contributed by atoms with Crippen LogP contribution >= 0.6 is 0 Å². The van der Waals surface area contributed by atoms with Gasteiger partial charge < -0.3 is 14.5 Å². The summed E-state index contributed by atoms with van der Waals surface area (Å²) in [6.07, 6.45) is -0.675. The third-order valence-corrected chi connectivity index (χ3v) is 5.21. The van der Waals surface area contributed by atoms with Crippen molar-refractivity contribution in [3.8, 4) is 5.75 Å². The highest BCUT2D eigenvalue weighted by Crippen LogP contribution is 2.23. The van der Waals surface area contributed by atoms with Crippen LogP contribution < -0.4 is 9.64 Å². The Kier molecular flexibility index (Phi) is 6.50. The molecule has 1 amide bonds. The molecule has 6 nitrogen and oxygen atoms in total. The van der Waals surface area contributed by atoms with Crippen LogP contribution in [0.4, 0.5) is 10.1 Å². The molecule has 0 spiro atoms. The van der Waals surface area contributed by atoms with Crippen molar-refractivity contribution in [2.75, 3.05) is 31.1 Å². The Morgan fingerprint density at radius 3 is 2.00 bits per heavy atom. The van der Waals surface area contributed by atoms with Gasteiger partial charge in [0, 0.05) is 37.3 Å². The predicted octanol–water partition coefficient (Wildman–Crippen LogP) is 3.35. The highest BCUT2D eigenvalue weighted by Gasteiger charge is 2.27. The van der Waals surface area contributed by atoms with Gasteiger partial charge in [-0.05, 0) is 63.2 Å². The quantitative estimate of drug-likeness (QED) is 0.681. The molecule has 1 aliphatic heterocycles. The van der Waals surface area contributed by atoms with E-state index in [2.05, 4.69) is 0 Å². The predicted molar refractivity (Wildman–Crippen MR) is 112 cm³/mol. The molecule has 1 saturated heterocycles. The molecule has 7 heteroatoms. The van der Waals surface area contributed by atoms with Gasteiger partial charge in [0.05, 0.1) is 5.69 Å². The SMILES string of the molecule is CC(=O)c1ccc(OC(C)C(=O)N2CCN(c3ccc(C(C)=O)cc3F)CC2)cc1. The number of halogens is 1. The van der Waals surface area contributed by atoms with Gasteiger partial charge in [-0.3, -0.25) is 14.4 Å². The van der Waals surface area contributed by atoms with E-state index in [0.717, 1.165) is 0 Å². The zero-order valence-electron chi connectivity index (χ0n) is 17.4. The Morgan fingerprint density at radius 1 is 0.900 bits per heavy atom. The summed E-state index contributed by atoms with van der Waals surface area (Å²) in [6, 6.07) is 11.2. The standard InChI is InChI=1S/C23H25FN2O4/c1-15(27)18-4-7-20(8-5-18)30-17(3)23(29)26-12-10-25(11-13-26)22-9-6-19(16(2)28)14-21(22)24/h4-9,14,17H,10-13H2,1-3H3. The third-order valence-electron chi connectivity index (χ3n) is 5.21. The maximum absolute atomic E-state index is 14.4. The number of carbonyl (C=O) groups excluding carboxylic acids is 3. The second-order valence-corrected chi connectivity index (χ2v) is 7.38. The van der Waals surface area contributed by atoms with Gasteiger partial charge in [-0.1, -0.05) is 0 Å². The van der Waals surface area contributed by atoms with E-state index in [-0.39, 0.29) is 17.5 Å². The van der Waals surface area contributed by atoms with Gasteiger partial charge in [-0.2, -0.15) is 0 Å². The Hall–Kier alpha value is -3.22. The zero-order chi connectivity index (χ0) is 21.8. The number of nitrogens with zero attached hydrogens (tertiary/aromatic N) is 2. The number of carbonyl (C=O) groups is 3. The zero-order valence-corrected chi connectivity index (χ0v) is 17.4. The summed E-state index contributed by atoms with van der Waals surface area (Å²) >= 11 is 0. The van der Waals surface area contributed by atoms with Crippen molar-refractivity contribution in [2.24, 2.45) is 0 Å². The van der Waals surface area contributed by atoms with E-state index >= 15 is 0 Å². The lowest BCUT2D eigenvalue weighted by molar-refractivity contribution is -0.138. The van der Waals surface area contributed by atoms with Gasteiger partial charge >= 0.3 is 0 Å². The normalized spacial score (nSPS) is 14.9. The van der Waals surface area contributed by atoms with E-state index in [1.54, 1.807) is 48.2 Å². The minimum Gasteiger partial charge on any atom is -0.481 e. The fourth-order valence-corrected chi connectivity index (χ4v) is 3.43. The van der Waals surface area contributed by atoms with E-state index in [0.29, 0.717) is 48.7 Å². The summed E-state index contributed by atoms with van der Waals surface area (Å²) in [7, 11) is 0. The molecule has 0 N–H and O–H groups in total. The van der Waals surface area contributed by atoms with Crippen LogP contribution in [0.3, 0.4) is 0 Å². The number of Topliss-reactive ketones (excluding diaryl/α,β-unsaturated/α-hetero) is 2. The number of hydrogen-bond donors (Lipinski definition) is 0. The molecule has 1 atom stereocenters. The number of ketones is 2. The molecule has 2 aromatic rings. The summed E-state index contributed by atoms with van der Waals surface area (Å²) in [4.78, 5) is 39.0. The summed E-state index contributed by atoms with van der Waals surface area (Å²) < 4.78 is 20.1. The molecule has 0 saturated carbocycles. The molecule has 1 aliphatic rings. The maximum Gasteiger partial charge on any atom is 0.263 e. The fourth-order valence-electron chi connectivity index (χ4n) is 3.43. The van der Waals surface area contributed by atoms with Crippen LogP contribution in [0.15, 0.2) is 42.5 Å². The number of benzene rings is 2. The van der Waals surface area contributed by atoms with Gasteiger partial charge in [0.15, 0.2) is 17.7 Å². The molecular formula is C23H25FN2O4. The Labute approximate surface area is 175 Å². The molecule has 2 aromatic carbocycles. The smallest absolute Gasteiger partial charge is 0.263 e. The Balaban J connectivity index is 1.57. The molecule has 1 fully saturated rings. The minimum absolute atomic E-state index is 0.0316. The lowest BCUT2D eigenvalue weighted by atomic mass is 10.1. The highest BCUT2D eigenvalue weighted by atomic mass is 19.1. The van der Waals surface area contributed by atoms with Crippen molar-refractivity contribution in [1.82, 2.24) is 4.90 Å². The van der Waals surface area contributed by atoms with Crippen molar-refractivity contribution >= 4 is 23.2 Å². The monoisotopic (exact) mass is 412 g/mol. The Morgan fingerprint density at radius 2 is 1.47 bits per heavy atom. The molecular weight excluding hydrogens is 387 g/mol.